The van der Waals surface area contributed by atoms with Crippen LogP contribution in [-0.2, 0) is 6.42 Å². The summed E-state index contributed by atoms with van der Waals surface area (Å²) in [6.45, 7) is 2.03. The van der Waals surface area contributed by atoms with Gasteiger partial charge in [0.15, 0.2) is 6.29 Å². The standard InChI is InChI=1S/C8H9BrINO/c1-5-6(2-3-9)7(4-12)11-8(5)10/h4,11H,2-3H2,1H3. The van der Waals surface area contributed by atoms with Crippen LogP contribution < -0.4 is 0 Å². The predicted octanol–water partition coefficient (Wildman–Crippen LogP) is 2.68. The molecule has 0 atom stereocenters. The molecule has 1 heterocycles. The molecule has 0 aliphatic rings. The number of rotatable bonds is 3. The third-order valence-corrected chi connectivity index (χ3v) is 3.29. The number of halogens is 2. The van der Waals surface area contributed by atoms with E-state index in [1.54, 1.807) is 0 Å². The molecule has 1 aromatic rings. The van der Waals surface area contributed by atoms with Crippen LogP contribution in [0.15, 0.2) is 0 Å². The van der Waals surface area contributed by atoms with E-state index < -0.39 is 0 Å². The van der Waals surface area contributed by atoms with E-state index in [-0.39, 0.29) is 0 Å². The summed E-state index contributed by atoms with van der Waals surface area (Å²) >= 11 is 5.56. The average molecular weight is 342 g/mol. The smallest absolute Gasteiger partial charge is 0.166 e. The van der Waals surface area contributed by atoms with Crippen molar-refractivity contribution in [3.05, 3.63) is 20.5 Å². The third-order valence-electron chi connectivity index (χ3n) is 1.81. The summed E-state index contributed by atoms with van der Waals surface area (Å²) < 4.78 is 1.06. The Hall–Kier alpha value is 0.160. The Morgan fingerprint density at radius 2 is 2.33 bits per heavy atom. The second-order valence-corrected chi connectivity index (χ2v) is 4.38. The van der Waals surface area contributed by atoms with Gasteiger partial charge in [0, 0.05) is 5.33 Å². The number of aromatic amines is 1. The molecular weight excluding hydrogens is 333 g/mol. The van der Waals surface area contributed by atoms with Gasteiger partial charge in [-0.1, -0.05) is 15.9 Å². The first-order chi connectivity index (χ1) is 5.70. The Balaban J connectivity index is 3.11. The van der Waals surface area contributed by atoms with Crippen molar-refractivity contribution >= 4 is 44.8 Å². The number of carbonyl (C=O) groups excluding carboxylic acids is 1. The van der Waals surface area contributed by atoms with Gasteiger partial charge in [0.1, 0.15) is 0 Å². The zero-order valence-corrected chi connectivity index (χ0v) is 10.4. The Morgan fingerprint density at radius 3 is 2.83 bits per heavy atom. The van der Waals surface area contributed by atoms with Crippen LogP contribution in [0, 0.1) is 10.6 Å². The van der Waals surface area contributed by atoms with E-state index in [0.29, 0.717) is 0 Å². The van der Waals surface area contributed by atoms with Gasteiger partial charge in [0.2, 0.25) is 0 Å². The normalized spacial score (nSPS) is 10.2. The molecule has 0 aliphatic heterocycles. The average Bonchev–Trinajstić information content (AvgIpc) is 2.33. The number of hydrogen-bond acceptors (Lipinski definition) is 1. The van der Waals surface area contributed by atoms with E-state index in [0.717, 1.165) is 33.0 Å². The molecule has 1 N–H and O–H groups in total. The molecule has 0 aliphatic carbocycles. The summed E-state index contributed by atoms with van der Waals surface area (Å²) in [5.41, 5.74) is 3.04. The topological polar surface area (TPSA) is 32.9 Å². The van der Waals surface area contributed by atoms with Crippen molar-refractivity contribution in [2.75, 3.05) is 5.33 Å². The van der Waals surface area contributed by atoms with Crippen LogP contribution in [0.3, 0.4) is 0 Å². The van der Waals surface area contributed by atoms with Crippen molar-refractivity contribution in [3.8, 4) is 0 Å². The highest BCUT2D eigenvalue weighted by Gasteiger charge is 2.10. The maximum atomic E-state index is 10.6. The van der Waals surface area contributed by atoms with Crippen LogP contribution in [0.5, 0.6) is 0 Å². The number of carbonyl (C=O) groups is 1. The molecule has 1 rings (SSSR count). The summed E-state index contributed by atoms with van der Waals surface area (Å²) in [6.07, 6.45) is 1.78. The van der Waals surface area contributed by atoms with Crippen LogP contribution in [0.1, 0.15) is 21.6 Å². The van der Waals surface area contributed by atoms with Crippen LogP contribution in [0.25, 0.3) is 0 Å². The van der Waals surface area contributed by atoms with E-state index in [4.69, 9.17) is 0 Å². The highest BCUT2D eigenvalue weighted by molar-refractivity contribution is 14.1. The van der Waals surface area contributed by atoms with Gasteiger partial charge in [-0.2, -0.15) is 0 Å². The Morgan fingerprint density at radius 1 is 1.67 bits per heavy atom. The van der Waals surface area contributed by atoms with Crippen molar-refractivity contribution in [1.29, 1.82) is 0 Å². The number of alkyl halides is 1. The van der Waals surface area contributed by atoms with Gasteiger partial charge in [-0.3, -0.25) is 4.79 Å². The van der Waals surface area contributed by atoms with E-state index >= 15 is 0 Å². The predicted molar refractivity (Wildman–Crippen MR) is 61.1 cm³/mol. The van der Waals surface area contributed by atoms with Crippen molar-refractivity contribution in [2.24, 2.45) is 0 Å². The highest BCUT2D eigenvalue weighted by Crippen LogP contribution is 2.19. The highest BCUT2D eigenvalue weighted by atomic mass is 127. The van der Waals surface area contributed by atoms with E-state index in [1.807, 2.05) is 6.92 Å². The minimum absolute atomic E-state index is 0.719. The van der Waals surface area contributed by atoms with E-state index in [9.17, 15) is 4.79 Å². The van der Waals surface area contributed by atoms with Crippen molar-refractivity contribution in [3.63, 3.8) is 0 Å². The van der Waals surface area contributed by atoms with Crippen LogP contribution in [0.4, 0.5) is 0 Å². The fourth-order valence-corrected chi connectivity index (χ4v) is 2.15. The second kappa shape index (κ2) is 4.41. The van der Waals surface area contributed by atoms with Crippen molar-refractivity contribution in [1.82, 2.24) is 4.98 Å². The first-order valence-electron chi connectivity index (χ1n) is 3.58. The summed E-state index contributed by atoms with van der Waals surface area (Å²) in [4.78, 5) is 13.7. The summed E-state index contributed by atoms with van der Waals surface area (Å²) in [5.74, 6) is 0. The van der Waals surface area contributed by atoms with E-state index in [2.05, 4.69) is 43.5 Å². The molecule has 4 heteroatoms. The number of nitrogens with one attached hydrogen (secondary N) is 1. The van der Waals surface area contributed by atoms with Gasteiger partial charge < -0.3 is 4.98 Å². The Kier molecular flexibility index (Phi) is 3.77. The number of aldehydes is 1. The Labute approximate surface area is 93.4 Å². The number of H-pyrrole nitrogens is 1. The minimum Gasteiger partial charge on any atom is -0.347 e. The molecule has 0 unspecified atom stereocenters. The molecule has 0 radical (unpaired) electrons. The summed E-state index contributed by atoms with van der Waals surface area (Å²) in [5, 5.41) is 0.891. The fourth-order valence-electron chi connectivity index (χ4n) is 1.14. The molecule has 0 amide bonds. The first kappa shape index (κ1) is 10.2. The maximum absolute atomic E-state index is 10.6. The van der Waals surface area contributed by atoms with Gasteiger partial charge in [-0.25, -0.2) is 0 Å². The Bertz CT molecular complexity index is 295. The maximum Gasteiger partial charge on any atom is 0.166 e. The quantitative estimate of drug-likeness (QED) is 0.512. The molecule has 0 fully saturated rings. The lowest BCUT2D eigenvalue weighted by atomic mass is 10.1. The van der Waals surface area contributed by atoms with Crippen molar-refractivity contribution < 1.29 is 4.79 Å². The molecule has 0 aromatic carbocycles. The molecule has 12 heavy (non-hydrogen) atoms. The summed E-state index contributed by atoms with van der Waals surface area (Å²) in [6, 6.07) is 0. The van der Waals surface area contributed by atoms with Gasteiger partial charge in [0.25, 0.3) is 0 Å². The number of aromatic nitrogens is 1. The van der Waals surface area contributed by atoms with Gasteiger partial charge in [-0.05, 0) is 47.1 Å². The molecule has 0 saturated heterocycles. The lowest BCUT2D eigenvalue weighted by molar-refractivity contribution is 0.111. The molecule has 66 valence electrons. The lowest BCUT2D eigenvalue weighted by Gasteiger charge is -1.96. The van der Waals surface area contributed by atoms with Crippen LogP contribution in [-0.4, -0.2) is 16.6 Å². The largest absolute Gasteiger partial charge is 0.347 e. The van der Waals surface area contributed by atoms with Crippen LogP contribution in [0.2, 0.25) is 0 Å². The van der Waals surface area contributed by atoms with Crippen molar-refractivity contribution in [2.45, 2.75) is 13.3 Å². The van der Waals surface area contributed by atoms with E-state index in [1.165, 1.54) is 5.56 Å². The van der Waals surface area contributed by atoms with Gasteiger partial charge in [0.05, 0.1) is 9.39 Å². The molecule has 1 aromatic heterocycles. The van der Waals surface area contributed by atoms with Gasteiger partial charge >= 0.3 is 0 Å². The van der Waals surface area contributed by atoms with Gasteiger partial charge in [-0.15, -0.1) is 0 Å². The van der Waals surface area contributed by atoms with Crippen LogP contribution >= 0.6 is 38.5 Å². The molecule has 0 saturated carbocycles. The lowest BCUT2D eigenvalue weighted by Crippen LogP contribution is -1.92. The monoisotopic (exact) mass is 341 g/mol. The number of hydrogen-bond donors (Lipinski definition) is 1. The third kappa shape index (κ3) is 1.90. The zero-order valence-electron chi connectivity index (χ0n) is 6.66. The fraction of sp³-hybridized carbons (Fsp3) is 0.375. The molecule has 0 spiro atoms. The molecular formula is C8H9BrINO. The summed E-state index contributed by atoms with van der Waals surface area (Å²) in [7, 11) is 0. The first-order valence-corrected chi connectivity index (χ1v) is 5.78. The minimum atomic E-state index is 0.719. The second-order valence-electron chi connectivity index (χ2n) is 2.51. The molecule has 0 bridgehead atoms. The molecule has 2 nitrogen and oxygen atoms in total. The SMILES string of the molecule is Cc1c(I)[nH]c(C=O)c1CCBr. The zero-order chi connectivity index (χ0) is 9.14.